The Kier molecular flexibility index (Phi) is 5.07. The summed E-state index contributed by atoms with van der Waals surface area (Å²) in [5.41, 5.74) is 1.23. The fourth-order valence-corrected chi connectivity index (χ4v) is 4.67. The topological polar surface area (TPSA) is 82.6 Å². The lowest BCUT2D eigenvalue weighted by molar-refractivity contribution is 0.0745. The first-order valence-electron chi connectivity index (χ1n) is 9.52. The average molecular weight is 401 g/mol. The smallest absolute Gasteiger partial charge is 0.254 e. The molecular formula is C20H24N4O3S. The van der Waals surface area contributed by atoms with Gasteiger partial charge >= 0.3 is 0 Å². The van der Waals surface area contributed by atoms with Gasteiger partial charge in [-0.1, -0.05) is 12.1 Å². The molecule has 1 saturated heterocycles. The first-order valence-corrected chi connectivity index (χ1v) is 11.0. The first-order chi connectivity index (χ1) is 13.4. The van der Waals surface area contributed by atoms with Gasteiger partial charge in [-0.05, 0) is 49.6 Å². The molecule has 148 valence electrons. The Morgan fingerprint density at radius 3 is 2.50 bits per heavy atom. The Hall–Kier alpha value is -2.45. The number of aromatic nitrogens is 1. The number of carbonyl (C=O) groups excluding carboxylic acids is 1. The van der Waals surface area contributed by atoms with Gasteiger partial charge in [0.05, 0.1) is 4.90 Å². The van der Waals surface area contributed by atoms with Gasteiger partial charge in [0.25, 0.3) is 5.91 Å². The molecule has 0 radical (unpaired) electrons. The van der Waals surface area contributed by atoms with Gasteiger partial charge in [-0.2, -0.15) is 0 Å². The molecule has 2 fully saturated rings. The van der Waals surface area contributed by atoms with Crippen molar-refractivity contribution in [3.63, 3.8) is 0 Å². The third-order valence-electron chi connectivity index (χ3n) is 5.19. The van der Waals surface area contributed by atoms with E-state index in [9.17, 15) is 13.2 Å². The Labute approximate surface area is 165 Å². The van der Waals surface area contributed by atoms with Crippen LogP contribution in [0.4, 0.5) is 5.82 Å². The lowest BCUT2D eigenvalue weighted by atomic mass is 10.1. The van der Waals surface area contributed by atoms with Gasteiger partial charge < -0.3 is 9.80 Å². The molecule has 1 aliphatic heterocycles. The Balaban J connectivity index is 1.48. The maximum absolute atomic E-state index is 13.1. The van der Waals surface area contributed by atoms with Crippen molar-refractivity contribution in [2.24, 2.45) is 0 Å². The number of hydrogen-bond acceptors (Lipinski definition) is 5. The molecule has 2 heterocycles. The number of sulfonamides is 1. The standard InChI is InChI=1S/C20H24N4O3S/c1-15-5-8-17(28(26,27)22-16-6-7-16)14-18(15)20(25)24-12-10-23(11-13-24)19-4-2-3-9-21-19/h2-5,8-9,14,16,22H,6-7,10-13H2,1H3. The molecule has 0 spiro atoms. The summed E-state index contributed by atoms with van der Waals surface area (Å²) in [6.45, 7) is 4.38. The summed E-state index contributed by atoms with van der Waals surface area (Å²) in [5, 5.41) is 0. The zero-order chi connectivity index (χ0) is 19.7. The number of aryl methyl sites for hydroxylation is 1. The monoisotopic (exact) mass is 400 g/mol. The Bertz CT molecular complexity index is 966. The van der Waals surface area contributed by atoms with E-state index in [0.717, 1.165) is 24.2 Å². The molecule has 0 atom stereocenters. The van der Waals surface area contributed by atoms with Crippen molar-refractivity contribution in [1.29, 1.82) is 0 Å². The molecule has 0 bridgehead atoms. The highest BCUT2D eigenvalue weighted by Crippen LogP contribution is 2.24. The van der Waals surface area contributed by atoms with E-state index in [-0.39, 0.29) is 16.8 Å². The van der Waals surface area contributed by atoms with Gasteiger partial charge in [-0.25, -0.2) is 18.1 Å². The molecule has 28 heavy (non-hydrogen) atoms. The van der Waals surface area contributed by atoms with Crippen LogP contribution in [0.5, 0.6) is 0 Å². The van der Waals surface area contributed by atoms with Gasteiger partial charge in [0.1, 0.15) is 5.82 Å². The fourth-order valence-electron chi connectivity index (χ4n) is 3.34. The quantitative estimate of drug-likeness (QED) is 0.828. The number of piperazine rings is 1. The van der Waals surface area contributed by atoms with Gasteiger partial charge in [-0.15, -0.1) is 0 Å². The molecule has 4 rings (SSSR count). The van der Waals surface area contributed by atoms with Crippen molar-refractivity contribution in [3.05, 3.63) is 53.7 Å². The fraction of sp³-hybridized carbons (Fsp3) is 0.400. The molecule has 1 aromatic heterocycles. The number of nitrogens with zero attached hydrogens (tertiary/aromatic N) is 3. The summed E-state index contributed by atoms with van der Waals surface area (Å²) in [7, 11) is -3.58. The van der Waals surface area contributed by atoms with Crippen LogP contribution in [-0.2, 0) is 10.0 Å². The van der Waals surface area contributed by atoms with Crippen LogP contribution in [0.1, 0.15) is 28.8 Å². The minimum Gasteiger partial charge on any atom is -0.353 e. The maximum Gasteiger partial charge on any atom is 0.254 e. The van der Waals surface area contributed by atoms with Gasteiger partial charge in [0.15, 0.2) is 0 Å². The van der Waals surface area contributed by atoms with E-state index in [2.05, 4.69) is 14.6 Å². The van der Waals surface area contributed by atoms with Crippen LogP contribution < -0.4 is 9.62 Å². The summed E-state index contributed by atoms with van der Waals surface area (Å²) in [6.07, 6.45) is 3.51. The summed E-state index contributed by atoms with van der Waals surface area (Å²) in [6, 6.07) is 10.6. The second-order valence-electron chi connectivity index (χ2n) is 7.34. The maximum atomic E-state index is 13.1. The second-order valence-corrected chi connectivity index (χ2v) is 9.05. The largest absolute Gasteiger partial charge is 0.353 e. The van der Waals surface area contributed by atoms with Crippen LogP contribution in [0, 0.1) is 6.92 Å². The zero-order valence-corrected chi connectivity index (χ0v) is 16.7. The number of carbonyl (C=O) groups is 1. The molecule has 0 unspecified atom stereocenters. The summed E-state index contributed by atoms with van der Waals surface area (Å²) in [4.78, 5) is 21.5. The summed E-state index contributed by atoms with van der Waals surface area (Å²) >= 11 is 0. The highest BCUT2D eigenvalue weighted by Gasteiger charge is 2.29. The SMILES string of the molecule is Cc1ccc(S(=O)(=O)NC2CC2)cc1C(=O)N1CCN(c2ccccn2)CC1. The van der Waals surface area contributed by atoms with Crippen molar-refractivity contribution in [3.8, 4) is 0 Å². The highest BCUT2D eigenvalue weighted by molar-refractivity contribution is 7.89. The molecule has 1 amide bonds. The van der Waals surface area contributed by atoms with E-state index >= 15 is 0 Å². The van der Waals surface area contributed by atoms with Gasteiger partial charge in [-0.3, -0.25) is 4.79 Å². The number of benzene rings is 1. The molecule has 1 saturated carbocycles. The number of pyridine rings is 1. The zero-order valence-electron chi connectivity index (χ0n) is 15.8. The minimum absolute atomic E-state index is 0.0325. The van der Waals surface area contributed by atoms with Crippen molar-refractivity contribution >= 4 is 21.7 Å². The van der Waals surface area contributed by atoms with Crippen LogP contribution in [0.25, 0.3) is 0 Å². The number of anilines is 1. The van der Waals surface area contributed by atoms with E-state index in [0.29, 0.717) is 31.7 Å². The average Bonchev–Trinajstić information content (AvgIpc) is 3.52. The highest BCUT2D eigenvalue weighted by atomic mass is 32.2. The van der Waals surface area contributed by atoms with Crippen LogP contribution in [0.15, 0.2) is 47.5 Å². The van der Waals surface area contributed by atoms with E-state index in [1.807, 2.05) is 25.1 Å². The molecule has 1 N–H and O–H groups in total. The lowest BCUT2D eigenvalue weighted by Crippen LogP contribution is -2.49. The molecular weight excluding hydrogens is 376 g/mol. The first kappa shape index (κ1) is 18.9. The van der Waals surface area contributed by atoms with Gasteiger partial charge in [0.2, 0.25) is 10.0 Å². The Morgan fingerprint density at radius 2 is 1.86 bits per heavy atom. The lowest BCUT2D eigenvalue weighted by Gasteiger charge is -2.35. The van der Waals surface area contributed by atoms with Crippen LogP contribution in [0.2, 0.25) is 0 Å². The van der Waals surface area contributed by atoms with Crippen molar-refractivity contribution in [2.45, 2.75) is 30.7 Å². The van der Waals surface area contributed by atoms with Crippen LogP contribution in [-0.4, -0.2) is 56.4 Å². The minimum atomic E-state index is -3.58. The van der Waals surface area contributed by atoms with E-state index in [4.69, 9.17) is 0 Å². The van der Waals surface area contributed by atoms with Gasteiger partial charge in [0, 0.05) is 44.0 Å². The number of hydrogen-bond donors (Lipinski definition) is 1. The molecule has 8 heteroatoms. The predicted molar refractivity (Wildman–Crippen MR) is 107 cm³/mol. The molecule has 1 aromatic carbocycles. The van der Waals surface area contributed by atoms with Crippen molar-refractivity contribution in [1.82, 2.24) is 14.6 Å². The second kappa shape index (κ2) is 7.52. The molecule has 1 aliphatic carbocycles. The predicted octanol–water partition coefficient (Wildman–Crippen LogP) is 1.79. The van der Waals surface area contributed by atoms with Crippen molar-refractivity contribution < 1.29 is 13.2 Å². The van der Waals surface area contributed by atoms with Crippen molar-refractivity contribution in [2.75, 3.05) is 31.1 Å². The molecule has 2 aromatic rings. The third-order valence-corrected chi connectivity index (χ3v) is 6.71. The Morgan fingerprint density at radius 1 is 1.11 bits per heavy atom. The number of amides is 1. The third kappa shape index (κ3) is 4.02. The number of rotatable bonds is 5. The molecule has 7 nitrogen and oxygen atoms in total. The number of nitrogens with one attached hydrogen (secondary N) is 1. The van der Waals surface area contributed by atoms with E-state index in [1.54, 1.807) is 23.2 Å². The summed E-state index contributed by atoms with van der Waals surface area (Å²) < 4.78 is 27.7. The van der Waals surface area contributed by atoms with E-state index < -0.39 is 10.0 Å². The molecule has 2 aliphatic rings. The van der Waals surface area contributed by atoms with E-state index in [1.165, 1.54) is 6.07 Å². The normalized spacial score (nSPS) is 17.6. The summed E-state index contributed by atoms with van der Waals surface area (Å²) in [5.74, 6) is 0.784. The van der Waals surface area contributed by atoms with Crippen LogP contribution in [0.3, 0.4) is 0 Å². The van der Waals surface area contributed by atoms with Crippen LogP contribution >= 0.6 is 0 Å².